The first-order chi connectivity index (χ1) is 17.6. The average molecular weight is 502 g/mol. The second-order valence-electron chi connectivity index (χ2n) is 10.4. The van der Waals surface area contributed by atoms with Crippen LogP contribution in [-0.4, -0.2) is 53.0 Å². The van der Waals surface area contributed by atoms with E-state index in [9.17, 15) is 9.18 Å². The second-order valence-corrected chi connectivity index (χ2v) is 11.2. The predicted octanol–water partition coefficient (Wildman–Crippen LogP) is 6.11. The summed E-state index contributed by atoms with van der Waals surface area (Å²) >= 11 is 1.74. The standard InChI is InChI=1S/C30H32FN3OS/c1-32-13-9-23-3-2-4-27(29(23)32)30(35)34-18-25(28(19-34)24-12-16-36-20-24)17-33-14-10-22(11-15-33)21-5-7-26(31)8-6-21/h2-9,12-13,16,20,22,25,28H,10-11,14-15,17-19H2,1H3/t25-,28+/m1/s1. The number of amides is 1. The summed E-state index contributed by atoms with van der Waals surface area (Å²) < 4.78 is 15.4. The summed E-state index contributed by atoms with van der Waals surface area (Å²) in [6.45, 7) is 4.66. The number of nitrogens with zero attached hydrogens (tertiary/aromatic N) is 3. The van der Waals surface area contributed by atoms with Gasteiger partial charge in [0.05, 0.1) is 11.1 Å². The van der Waals surface area contributed by atoms with Gasteiger partial charge in [0.2, 0.25) is 0 Å². The summed E-state index contributed by atoms with van der Waals surface area (Å²) in [5.74, 6) is 1.25. The molecule has 2 aromatic carbocycles. The van der Waals surface area contributed by atoms with Crippen molar-refractivity contribution in [1.29, 1.82) is 0 Å². The van der Waals surface area contributed by atoms with Crippen molar-refractivity contribution in [2.24, 2.45) is 13.0 Å². The number of aryl methyl sites for hydroxylation is 1. The zero-order valence-corrected chi connectivity index (χ0v) is 21.5. The van der Waals surface area contributed by atoms with Crippen LogP contribution in [-0.2, 0) is 7.05 Å². The molecule has 0 aliphatic carbocycles. The van der Waals surface area contributed by atoms with Crippen LogP contribution in [0, 0.1) is 11.7 Å². The Labute approximate surface area is 216 Å². The molecule has 0 radical (unpaired) electrons. The van der Waals surface area contributed by atoms with Gasteiger partial charge in [-0.2, -0.15) is 11.3 Å². The van der Waals surface area contributed by atoms with Gasteiger partial charge >= 0.3 is 0 Å². The van der Waals surface area contributed by atoms with Crippen molar-refractivity contribution in [3.63, 3.8) is 0 Å². The number of rotatable bonds is 5. The Hall–Kier alpha value is -2.96. The lowest BCUT2D eigenvalue weighted by atomic mass is 9.87. The molecule has 2 fully saturated rings. The molecule has 36 heavy (non-hydrogen) atoms. The lowest BCUT2D eigenvalue weighted by Gasteiger charge is -2.34. The van der Waals surface area contributed by atoms with E-state index in [4.69, 9.17) is 0 Å². The third kappa shape index (κ3) is 4.48. The van der Waals surface area contributed by atoms with Gasteiger partial charge in [0.25, 0.3) is 5.91 Å². The van der Waals surface area contributed by atoms with Crippen LogP contribution in [0.15, 0.2) is 71.6 Å². The molecule has 0 bridgehead atoms. The van der Waals surface area contributed by atoms with Crippen LogP contribution >= 0.6 is 11.3 Å². The molecule has 0 unspecified atom stereocenters. The van der Waals surface area contributed by atoms with Crippen LogP contribution in [0.3, 0.4) is 0 Å². The Kier molecular flexibility index (Phi) is 6.40. The van der Waals surface area contributed by atoms with E-state index in [1.807, 2.05) is 37.5 Å². The molecule has 0 spiro atoms. The van der Waals surface area contributed by atoms with Crippen molar-refractivity contribution in [1.82, 2.24) is 14.4 Å². The molecular formula is C30H32FN3OS. The number of benzene rings is 2. The lowest BCUT2D eigenvalue weighted by Crippen LogP contribution is -2.38. The van der Waals surface area contributed by atoms with E-state index in [0.29, 0.717) is 17.8 Å². The molecule has 2 saturated heterocycles. The number of carbonyl (C=O) groups excluding carboxylic acids is 1. The third-order valence-electron chi connectivity index (χ3n) is 8.25. The minimum Gasteiger partial charge on any atom is -0.350 e. The molecule has 186 valence electrons. The van der Waals surface area contributed by atoms with Gasteiger partial charge in [-0.15, -0.1) is 0 Å². The highest BCUT2D eigenvalue weighted by molar-refractivity contribution is 7.08. The van der Waals surface area contributed by atoms with Crippen LogP contribution in [0.1, 0.15) is 46.2 Å². The van der Waals surface area contributed by atoms with Crippen LogP contribution in [0.5, 0.6) is 0 Å². The van der Waals surface area contributed by atoms with Crippen molar-refractivity contribution < 1.29 is 9.18 Å². The molecule has 4 nitrogen and oxygen atoms in total. The number of thiophene rings is 1. The fraction of sp³-hybridized carbons (Fsp3) is 0.367. The highest BCUT2D eigenvalue weighted by atomic mass is 32.1. The number of halogens is 1. The monoisotopic (exact) mass is 501 g/mol. The first-order valence-electron chi connectivity index (χ1n) is 12.9. The number of likely N-dealkylation sites (tertiary alicyclic amines) is 2. The number of aromatic nitrogens is 1. The van der Waals surface area contributed by atoms with Gasteiger partial charge in [0.15, 0.2) is 0 Å². The number of fused-ring (bicyclic) bond motifs is 1. The van der Waals surface area contributed by atoms with Crippen molar-refractivity contribution in [2.75, 3.05) is 32.7 Å². The maximum Gasteiger partial charge on any atom is 0.256 e. The molecule has 2 aliphatic rings. The summed E-state index contributed by atoms with van der Waals surface area (Å²) in [4.78, 5) is 18.4. The summed E-state index contributed by atoms with van der Waals surface area (Å²) in [6.07, 6.45) is 4.22. The number of para-hydroxylation sites is 1. The Morgan fingerprint density at radius 2 is 1.81 bits per heavy atom. The number of piperidine rings is 1. The summed E-state index contributed by atoms with van der Waals surface area (Å²) in [5.41, 5.74) is 4.42. The van der Waals surface area contributed by atoms with Crippen LogP contribution in [0.4, 0.5) is 4.39 Å². The lowest BCUT2D eigenvalue weighted by molar-refractivity contribution is 0.0783. The Morgan fingerprint density at radius 1 is 1.00 bits per heavy atom. The summed E-state index contributed by atoms with van der Waals surface area (Å²) in [6, 6.07) is 17.4. The Morgan fingerprint density at radius 3 is 2.56 bits per heavy atom. The molecule has 6 heteroatoms. The fourth-order valence-electron chi connectivity index (χ4n) is 6.30. The second kappa shape index (κ2) is 9.83. The predicted molar refractivity (Wildman–Crippen MR) is 144 cm³/mol. The zero-order chi connectivity index (χ0) is 24.6. The molecule has 2 atom stereocenters. The maximum absolute atomic E-state index is 13.8. The normalized spacial score (nSPS) is 21.4. The van der Waals surface area contributed by atoms with Gasteiger partial charge in [0, 0.05) is 44.2 Å². The Balaban J connectivity index is 1.17. The highest BCUT2D eigenvalue weighted by Crippen LogP contribution is 2.37. The molecule has 6 rings (SSSR count). The van der Waals surface area contributed by atoms with E-state index in [1.54, 1.807) is 23.5 Å². The van der Waals surface area contributed by atoms with Gasteiger partial charge < -0.3 is 14.4 Å². The summed E-state index contributed by atoms with van der Waals surface area (Å²) in [5, 5.41) is 5.51. The SMILES string of the molecule is Cn1ccc2cccc(C(=O)N3C[C@@H](CN4CCC(c5ccc(F)cc5)CC4)[C@H](c4ccsc4)C3)c21. The molecule has 2 aromatic heterocycles. The molecular weight excluding hydrogens is 469 g/mol. The zero-order valence-electron chi connectivity index (χ0n) is 20.6. The summed E-state index contributed by atoms with van der Waals surface area (Å²) in [7, 11) is 2.01. The smallest absolute Gasteiger partial charge is 0.256 e. The average Bonchev–Trinajstić information content (AvgIpc) is 3.65. The molecule has 0 saturated carbocycles. The van der Waals surface area contributed by atoms with Crippen molar-refractivity contribution in [3.8, 4) is 0 Å². The highest BCUT2D eigenvalue weighted by Gasteiger charge is 2.38. The largest absolute Gasteiger partial charge is 0.350 e. The number of hydrogen-bond acceptors (Lipinski definition) is 3. The van der Waals surface area contributed by atoms with Crippen LogP contribution < -0.4 is 0 Å². The van der Waals surface area contributed by atoms with E-state index in [-0.39, 0.29) is 11.7 Å². The van der Waals surface area contributed by atoms with Gasteiger partial charge in [-0.05, 0) is 90.0 Å². The first kappa shape index (κ1) is 23.4. The maximum atomic E-state index is 13.8. The van der Waals surface area contributed by atoms with Crippen LogP contribution in [0.2, 0.25) is 0 Å². The van der Waals surface area contributed by atoms with Crippen molar-refractivity contribution >= 4 is 28.1 Å². The van der Waals surface area contributed by atoms with E-state index in [0.717, 1.165) is 62.0 Å². The van der Waals surface area contributed by atoms with E-state index in [2.05, 4.69) is 43.3 Å². The first-order valence-corrected chi connectivity index (χ1v) is 13.8. The van der Waals surface area contributed by atoms with Gasteiger partial charge in [-0.1, -0.05) is 24.3 Å². The van der Waals surface area contributed by atoms with E-state index < -0.39 is 0 Å². The molecule has 4 aromatic rings. The topological polar surface area (TPSA) is 28.5 Å². The third-order valence-corrected chi connectivity index (χ3v) is 8.95. The van der Waals surface area contributed by atoms with E-state index >= 15 is 0 Å². The van der Waals surface area contributed by atoms with E-state index in [1.165, 1.54) is 11.1 Å². The minimum absolute atomic E-state index is 0.139. The van der Waals surface area contributed by atoms with Crippen LogP contribution in [0.25, 0.3) is 10.9 Å². The molecule has 2 aliphatic heterocycles. The van der Waals surface area contributed by atoms with Gasteiger partial charge in [-0.25, -0.2) is 4.39 Å². The quantitative estimate of drug-likeness (QED) is 0.330. The van der Waals surface area contributed by atoms with Gasteiger partial charge in [-0.3, -0.25) is 4.79 Å². The van der Waals surface area contributed by atoms with Crippen molar-refractivity contribution in [2.45, 2.75) is 24.7 Å². The molecule has 0 N–H and O–H groups in total. The fourth-order valence-corrected chi connectivity index (χ4v) is 7.02. The van der Waals surface area contributed by atoms with Crippen molar-refractivity contribution in [3.05, 3.63) is 94.1 Å². The molecule has 4 heterocycles. The minimum atomic E-state index is -0.167. The Bertz CT molecular complexity index is 1340. The van der Waals surface area contributed by atoms with Gasteiger partial charge in [0.1, 0.15) is 5.82 Å². The number of hydrogen-bond donors (Lipinski definition) is 0. The number of carbonyl (C=O) groups is 1. The molecule has 1 amide bonds.